The lowest BCUT2D eigenvalue weighted by molar-refractivity contribution is -0.175. The van der Waals surface area contributed by atoms with Crippen LogP contribution in [0, 0.1) is 23.2 Å². The van der Waals surface area contributed by atoms with Crippen molar-refractivity contribution in [3.8, 4) is 0 Å². The van der Waals surface area contributed by atoms with Crippen molar-refractivity contribution in [2.45, 2.75) is 107 Å². The molecule has 37 heavy (non-hydrogen) atoms. The van der Waals surface area contributed by atoms with Crippen LogP contribution in [0.4, 0.5) is 4.79 Å². The van der Waals surface area contributed by atoms with Crippen LogP contribution in [0.1, 0.15) is 96.3 Å². The summed E-state index contributed by atoms with van der Waals surface area (Å²) in [6.45, 7) is 0.755. The molecule has 1 aromatic rings. The highest BCUT2D eigenvalue weighted by Crippen LogP contribution is 2.82. The van der Waals surface area contributed by atoms with Gasteiger partial charge in [-0.2, -0.15) is 0 Å². The van der Waals surface area contributed by atoms with Crippen molar-refractivity contribution in [2.24, 2.45) is 23.2 Å². The summed E-state index contributed by atoms with van der Waals surface area (Å²) in [6, 6.07) is 8.01. The molecule has 0 aliphatic heterocycles. The molecule has 0 heterocycles. The first-order valence-corrected chi connectivity index (χ1v) is 16.0. The number of carbonyl (C=O) groups is 2. The van der Waals surface area contributed by atoms with Crippen molar-refractivity contribution in [1.82, 2.24) is 15.4 Å². The minimum atomic E-state index is -3.77. The van der Waals surface area contributed by atoms with Crippen LogP contribution in [0.15, 0.2) is 35.2 Å². The minimum absolute atomic E-state index is 0.0434. The van der Waals surface area contributed by atoms with Crippen LogP contribution >= 0.6 is 0 Å². The normalized spacial score (nSPS) is 30.6. The summed E-state index contributed by atoms with van der Waals surface area (Å²) >= 11 is 0. The molecule has 0 aromatic heterocycles. The van der Waals surface area contributed by atoms with E-state index in [0.29, 0.717) is 11.8 Å². The van der Waals surface area contributed by atoms with E-state index in [0.717, 1.165) is 56.4 Å². The molecule has 4 fully saturated rings. The summed E-state index contributed by atoms with van der Waals surface area (Å²) in [7, 11) is -3.77. The first-order chi connectivity index (χ1) is 17.8. The van der Waals surface area contributed by atoms with E-state index in [-0.39, 0.29) is 22.9 Å². The zero-order valence-electron chi connectivity index (χ0n) is 22.0. The maximum Gasteiger partial charge on any atom is 0.315 e. The van der Waals surface area contributed by atoms with Crippen LogP contribution in [-0.4, -0.2) is 32.4 Å². The second kappa shape index (κ2) is 11.0. The second-order valence-corrected chi connectivity index (χ2v) is 13.9. The molecule has 2 bridgehead atoms. The molecule has 0 saturated heterocycles. The molecule has 4 aliphatic carbocycles. The maximum absolute atomic E-state index is 12.5. The largest absolute Gasteiger partial charge is 0.338 e. The van der Waals surface area contributed by atoms with Gasteiger partial charge in [0.1, 0.15) is 0 Å². The third kappa shape index (κ3) is 5.55. The molecule has 4 aliphatic rings. The van der Waals surface area contributed by atoms with E-state index in [1.54, 1.807) is 18.2 Å². The highest BCUT2D eigenvalue weighted by atomic mass is 32.2. The summed E-state index contributed by atoms with van der Waals surface area (Å²) in [5.41, 5.74) is 0.752. The smallest absolute Gasteiger partial charge is 0.315 e. The molecule has 1 aromatic carbocycles. The Morgan fingerprint density at radius 2 is 1.41 bits per heavy atom. The minimum Gasteiger partial charge on any atom is -0.338 e. The number of sulfonamides is 1. The lowest BCUT2D eigenvalue weighted by atomic mass is 9.38. The summed E-state index contributed by atoms with van der Waals surface area (Å²) < 4.78 is 26.5. The molecule has 2 unspecified atom stereocenters. The average Bonchev–Trinajstić information content (AvgIpc) is 3.32. The molecule has 5 rings (SSSR count). The van der Waals surface area contributed by atoms with Crippen LogP contribution in [-0.2, 0) is 14.8 Å². The van der Waals surface area contributed by atoms with Crippen LogP contribution in [0.3, 0.4) is 0 Å². The van der Waals surface area contributed by atoms with Crippen LogP contribution in [0.25, 0.3) is 0 Å². The van der Waals surface area contributed by atoms with Crippen LogP contribution in [0.2, 0.25) is 0 Å². The molecule has 8 heteroatoms. The molecule has 0 radical (unpaired) electrons. The van der Waals surface area contributed by atoms with Gasteiger partial charge in [-0.05, 0) is 80.2 Å². The van der Waals surface area contributed by atoms with Crippen molar-refractivity contribution in [3.63, 3.8) is 0 Å². The number of urea groups is 1. The van der Waals surface area contributed by atoms with Gasteiger partial charge in [-0.3, -0.25) is 4.79 Å². The predicted molar refractivity (Wildman–Crippen MR) is 143 cm³/mol. The number of rotatable bonds is 15. The highest BCUT2D eigenvalue weighted by molar-refractivity contribution is 7.90. The molecule has 2 atom stereocenters. The number of unbranched alkanes of at least 4 members (excludes halogenated alkanes) is 8. The summed E-state index contributed by atoms with van der Waals surface area (Å²) in [6.07, 6.45) is 16.3. The number of benzene rings is 1. The van der Waals surface area contributed by atoms with Gasteiger partial charge in [0, 0.05) is 18.5 Å². The first-order valence-electron chi connectivity index (χ1n) is 14.5. The Morgan fingerprint density at radius 3 is 2.00 bits per heavy atom. The molecular formula is C29H43N3O4S. The van der Waals surface area contributed by atoms with Gasteiger partial charge in [0.05, 0.1) is 4.90 Å². The van der Waals surface area contributed by atoms with E-state index < -0.39 is 15.9 Å². The van der Waals surface area contributed by atoms with Gasteiger partial charge in [0.15, 0.2) is 0 Å². The molecule has 3 N–H and O–H groups in total. The first kappa shape index (κ1) is 26.5. The SMILES string of the molecule is O=C(CCCCCCCCCCCNC(=O)NC12CC3CC4CC(C1)C43C2)NS(=O)(=O)c1ccccc1. The lowest BCUT2D eigenvalue weighted by Gasteiger charge is -2.66. The van der Waals surface area contributed by atoms with Gasteiger partial charge >= 0.3 is 6.03 Å². The van der Waals surface area contributed by atoms with E-state index in [9.17, 15) is 18.0 Å². The molecule has 3 amide bonds. The van der Waals surface area contributed by atoms with Gasteiger partial charge in [-0.15, -0.1) is 0 Å². The zero-order valence-corrected chi connectivity index (χ0v) is 22.8. The van der Waals surface area contributed by atoms with Gasteiger partial charge in [-0.1, -0.05) is 63.1 Å². The predicted octanol–water partition coefficient (Wildman–Crippen LogP) is 5.27. The Morgan fingerprint density at radius 1 is 0.811 bits per heavy atom. The number of nitrogens with one attached hydrogen (secondary N) is 3. The maximum atomic E-state index is 12.5. The average molecular weight is 530 g/mol. The van der Waals surface area contributed by atoms with E-state index in [1.807, 2.05) is 0 Å². The monoisotopic (exact) mass is 529 g/mol. The Bertz CT molecular complexity index is 1060. The molecule has 4 saturated carbocycles. The van der Waals surface area contributed by atoms with Gasteiger partial charge in [0.25, 0.3) is 10.0 Å². The molecule has 1 spiro atoms. The molecule has 7 nitrogen and oxygen atoms in total. The fourth-order valence-electron chi connectivity index (χ4n) is 8.22. The lowest BCUT2D eigenvalue weighted by Crippen LogP contribution is -2.60. The Balaban J connectivity index is 0.826. The fraction of sp³-hybridized carbons (Fsp3) is 0.724. The Labute approximate surface area is 222 Å². The number of hydrogen-bond acceptors (Lipinski definition) is 4. The van der Waals surface area contributed by atoms with E-state index in [2.05, 4.69) is 15.4 Å². The number of hydrogen-bond donors (Lipinski definition) is 3. The third-order valence-electron chi connectivity index (χ3n) is 9.88. The summed E-state index contributed by atoms with van der Waals surface area (Å²) in [5.74, 6) is 2.33. The van der Waals surface area contributed by atoms with E-state index in [1.165, 1.54) is 63.5 Å². The summed E-state index contributed by atoms with van der Waals surface area (Å²) in [4.78, 5) is 24.6. The zero-order chi connectivity index (χ0) is 25.9. The molecular weight excluding hydrogens is 486 g/mol. The van der Waals surface area contributed by atoms with Gasteiger partial charge < -0.3 is 10.6 Å². The Hall–Kier alpha value is -2.09. The number of amides is 3. The quantitative estimate of drug-likeness (QED) is 0.269. The third-order valence-corrected chi connectivity index (χ3v) is 11.3. The van der Waals surface area contributed by atoms with E-state index >= 15 is 0 Å². The number of fused-ring (bicyclic) bond motifs is 1. The van der Waals surface area contributed by atoms with Crippen LogP contribution in [0.5, 0.6) is 0 Å². The van der Waals surface area contributed by atoms with Crippen molar-refractivity contribution < 1.29 is 18.0 Å². The standard InChI is InChI=1S/C29H43N3O4S/c33-26(32-37(35,36)25-13-9-8-10-14-25)15-11-6-4-2-1-3-5-7-12-16-30-27(34)31-28-19-23-17-22-18-24(20-28)29(22,23)21-28/h8-10,13-14,22-24H,1-7,11-12,15-21H2,(H,32,33)(H2,30,31,34). The van der Waals surface area contributed by atoms with Crippen molar-refractivity contribution in [2.75, 3.05) is 6.54 Å². The molecule has 204 valence electrons. The topological polar surface area (TPSA) is 104 Å². The van der Waals surface area contributed by atoms with Crippen LogP contribution < -0.4 is 15.4 Å². The van der Waals surface area contributed by atoms with E-state index in [4.69, 9.17) is 0 Å². The fourth-order valence-corrected chi connectivity index (χ4v) is 9.25. The van der Waals surface area contributed by atoms with Gasteiger partial charge in [-0.25, -0.2) is 17.9 Å². The van der Waals surface area contributed by atoms with Gasteiger partial charge in [0.2, 0.25) is 5.91 Å². The second-order valence-electron chi connectivity index (χ2n) is 12.2. The van der Waals surface area contributed by atoms with Crippen molar-refractivity contribution in [3.05, 3.63) is 30.3 Å². The van der Waals surface area contributed by atoms with Crippen molar-refractivity contribution in [1.29, 1.82) is 0 Å². The highest BCUT2D eigenvalue weighted by Gasteiger charge is 2.77. The number of carbonyl (C=O) groups excluding carboxylic acids is 2. The summed E-state index contributed by atoms with van der Waals surface area (Å²) in [5, 5.41) is 6.49. The Kier molecular flexibility index (Phi) is 7.85. The van der Waals surface area contributed by atoms with Crippen molar-refractivity contribution >= 4 is 22.0 Å².